The summed E-state index contributed by atoms with van der Waals surface area (Å²) in [5, 5.41) is 3.39. The van der Waals surface area contributed by atoms with Gasteiger partial charge in [-0.05, 0) is 24.1 Å². The lowest BCUT2D eigenvalue weighted by Crippen LogP contribution is -2.03. The lowest BCUT2D eigenvalue weighted by Gasteiger charge is -2.12. The van der Waals surface area contributed by atoms with E-state index < -0.39 is 0 Å². The number of thioether (sulfide) groups is 1. The molecule has 0 fully saturated rings. The Labute approximate surface area is 99.8 Å². The smallest absolute Gasteiger partial charge is 0.228 e. The Morgan fingerprint density at radius 2 is 2.31 bits per heavy atom. The Morgan fingerprint density at radius 1 is 1.56 bits per heavy atom. The highest BCUT2D eigenvalue weighted by Crippen LogP contribution is 2.36. The van der Waals surface area contributed by atoms with Crippen molar-refractivity contribution in [3.05, 3.63) is 17.7 Å². The van der Waals surface area contributed by atoms with E-state index in [1.165, 1.54) is 0 Å². The fraction of sp³-hybridized carbons (Fsp3) is 0.417. The average molecular weight is 236 g/mol. The quantitative estimate of drug-likeness (QED) is 0.626. The Balaban J connectivity index is 2.28. The van der Waals surface area contributed by atoms with E-state index >= 15 is 0 Å². The maximum absolute atomic E-state index is 11.2. The third kappa shape index (κ3) is 2.16. The number of amides is 1. The number of hydrogen-bond acceptors (Lipinski definition) is 3. The lowest BCUT2D eigenvalue weighted by atomic mass is 10.1. The summed E-state index contributed by atoms with van der Waals surface area (Å²) in [6.07, 6.45) is 1.56. The molecule has 0 radical (unpaired) electrons. The lowest BCUT2D eigenvalue weighted by molar-refractivity contribution is -0.115. The number of benzene rings is 1. The van der Waals surface area contributed by atoms with Crippen molar-refractivity contribution in [2.24, 2.45) is 0 Å². The predicted octanol–water partition coefficient (Wildman–Crippen LogP) is 2.65. The van der Waals surface area contributed by atoms with Gasteiger partial charge in [-0.3, -0.25) is 4.79 Å². The van der Waals surface area contributed by atoms with Gasteiger partial charge in [0.25, 0.3) is 0 Å². The molecular weight excluding hydrogens is 220 g/mol. The molecule has 1 heterocycles. The molecule has 1 amide bonds. The van der Waals surface area contributed by atoms with Gasteiger partial charge in [-0.15, -0.1) is 11.8 Å². The van der Waals surface area contributed by atoms with Crippen molar-refractivity contribution in [1.82, 2.24) is 0 Å². The van der Waals surface area contributed by atoms with Crippen LogP contribution in [0.25, 0.3) is 0 Å². The molecule has 16 heavy (non-hydrogen) atoms. The van der Waals surface area contributed by atoms with E-state index in [0.717, 1.165) is 28.3 Å². The second-order valence-corrected chi connectivity index (χ2v) is 5.59. The van der Waals surface area contributed by atoms with Crippen LogP contribution in [-0.4, -0.2) is 11.2 Å². The topological polar surface area (TPSA) is 55.1 Å². The number of nitrogens with two attached hydrogens (primary N) is 1. The van der Waals surface area contributed by atoms with Crippen LogP contribution in [0.4, 0.5) is 11.4 Å². The van der Waals surface area contributed by atoms with Gasteiger partial charge in [-0.1, -0.05) is 13.8 Å². The molecule has 0 saturated carbocycles. The molecule has 1 aromatic rings. The van der Waals surface area contributed by atoms with Gasteiger partial charge in [0.2, 0.25) is 5.91 Å². The number of carbonyl (C=O) groups excluding carboxylic acids is 1. The Hall–Kier alpha value is -1.16. The summed E-state index contributed by atoms with van der Waals surface area (Å²) >= 11 is 1.76. The maximum atomic E-state index is 11.2. The van der Waals surface area contributed by atoms with E-state index in [1.54, 1.807) is 11.8 Å². The summed E-state index contributed by atoms with van der Waals surface area (Å²) in [4.78, 5) is 12.3. The number of nitrogens with one attached hydrogen (secondary N) is 1. The van der Waals surface area contributed by atoms with E-state index in [-0.39, 0.29) is 5.91 Å². The SMILES string of the molecule is CCC(C)Sc1cc2c(cc1N)CC(=O)N2. The minimum absolute atomic E-state index is 0.0556. The van der Waals surface area contributed by atoms with Gasteiger partial charge >= 0.3 is 0 Å². The van der Waals surface area contributed by atoms with Crippen molar-refractivity contribution >= 4 is 29.0 Å². The molecule has 4 heteroatoms. The summed E-state index contributed by atoms with van der Waals surface area (Å²) in [5.74, 6) is 0.0556. The van der Waals surface area contributed by atoms with Gasteiger partial charge in [-0.25, -0.2) is 0 Å². The highest BCUT2D eigenvalue weighted by atomic mass is 32.2. The molecule has 3 N–H and O–H groups in total. The maximum Gasteiger partial charge on any atom is 0.228 e. The molecule has 0 spiro atoms. The number of rotatable bonds is 3. The van der Waals surface area contributed by atoms with Crippen LogP contribution >= 0.6 is 11.8 Å². The number of nitrogen functional groups attached to an aromatic ring is 1. The van der Waals surface area contributed by atoms with Gasteiger partial charge in [0.15, 0.2) is 0 Å². The third-order valence-electron chi connectivity index (χ3n) is 2.76. The van der Waals surface area contributed by atoms with Crippen molar-refractivity contribution in [2.75, 3.05) is 11.1 Å². The van der Waals surface area contributed by atoms with Crippen molar-refractivity contribution in [3.63, 3.8) is 0 Å². The van der Waals surface area contributed by atoms with E-state index in [1.807, 2.05) is 12.1 Å². The van der Waals surface area contributed by atoms with E-state index in [0.29, 0.717) is 11.7 Å². The van der Waals surface area contributed by atoms with Crippen molar-refractivity contribution in [1.29, 1.82) is 0 Å². The first kappa shape index (κ1) is 11.3. The van der Waals surface area contributed by atoms with Crippen LogP contribution in [0.5, 0.6) is 0 Å². The first-order valence-electron chi connectivity index (χ1n) is 5.49. The van der Waals surface area contributed by atoms with Crippen molar-refractivity contribution in [2.45, 2.75) is 36.8 Å². The van der Waals surface area contributed by atoms with Crippen molar-refractivity contribution < 1.29 is 4.79 Å². The van der Waals surface area contributed by atoms with Gasteiger partial charge in [0, 0.05) is 21.5 Å². The second-order valence-electron chi connectivity index (χ2n) is 4.11. The number of fused-ring (bicyclic) bond motifs is 1. The molecular formula is C12H16N2OS. The van der Waals surface area contributed by atoms with Crippen LogP contribution in [0.1, 0.15) is 25.8 Å². The zero-order valence-electron chi connectivity index (χ0n) is 9.54. The molecule has 0 aliphatic carbocycles. The van der Waals surface area contributed by atoms with Gasteiger partial charge in [0.05, 0.1) is 6.42 Å². The van der Waals surface area contributed by atoms with Crippen LogP contribution in [0.2, 0.25) is 0 Å². The summed E-state index contributed by atoms with van der Waals surface area (Å²) in [7, 11) is 0. The first-order valence-corrected chi connectivity index (χ1v) is 6.37. The van der Waals surface area contributed by atoms with Crippen LogP contribution < -0.4 is 11.1 Å². The zero-order valence-corrected chi connectivity index (χ0v) is 10.4. The van der Waals surface area contributed by atoms with Crippen LogP contribution in [-0.2, 0) is 11.2 Å². The summed E-state index contributed by atoms with van der Waals surface area (Å²) in [6.45, 7) is 4.33. The average Bonchev–Trinajstić information content (AvgIpc) is 2.58. The molecule has 0 saturated heterocycles. The highest BCUT2D eigenvalue weighted by Gasteiger charge is 2.19. The number of hydrogen-bond donors (Lipinski definition) is 2. The summed E-state index contributed by atoms with van der Waals surface area (Å²) in [5.41, 5.74) is 8.69. The van der Waals surface area contributed by atoms with Crippen LogP contribution in [0, 0.1) is 0 Å². The number of carbonyl (C=O) groups is 1. The van der Waals surface area contributed by atoms with Gasteiger partial charge in [-0.2, -0.15) is 0 Å². The van der Waals surface area contributed by atoms with Gasteiger partial charge in [0.1, 0.15) is 0 Å². The third-order valence-corrected chi connectivity index (χ3v) is 4.11. The fourth-order valence-electron chi connectivity index (χ4n) is 1.68. The monoisotopic (exact) mass is 236 g/mol. The molecule has 1 unspecified atom stereocenters. The normalized spacial score (nSPS) is 15.8. The molecule has 0 aromatic heterocycles. The minimum Gasteiger partial charge on any atom is -0.398 e. The van der Waals surface area contributed by atoms with Crippen LogP contribution in [0.3, 0.4) is 0 Å². The highest BCUT2D eigenvalue weighted by molar-refractivity contribution is 8.00. The van der Waals surface area contributed by atoms with E-state index in [9.17, 15) is 4.79 Å². The largest absolute Gasteiger partial charge is 0.398 e. The summed E-state index contributed by atoms with van der Waals surface area (Å²) in [6, 6.07) is 3.91. The fourth-order valence-corrected chi connectivity index (χ4v) is 2.66. The molecule has 1 aliphatic rings. The minimum atomic E-state index is 0.0556. The summed E-state index contributed by atoms with van der Waals surface area (Å²) < 4.78 is 0. The molecule has 0 bridgehead atoms. The van der Waals surface area contributed by atoms with E-state index in [4.69, 9.17) is 5.73 Å². The first-order chi connectivity index (χ1) is 7.60. The molecule has 1 aliphatic heterocycles. The Kier molecular flexibility index (Phi) is 3.10. The molecule has 2 rings (SSSR count). The zero-order chi connectivity index (χ0) is 11.7. The van der Waals surface area contributed by atoms with Crippen molar-refractivity contribution in [3.8, 4) is 0 Å². The molecule has 1 aromatic carbocycles. The Bertz CT molecular complexity index is 431. The molecule has 1 atom stereocenters. The van der Waals surface area contributed by atoms with Gasteiger partial charge < -0.3 is 11.1 Å². The standard InChI is InChI=1S/C12H16N2OS/c1-3-7(2)16-11-6-10-8(4-9(11)13)5-12(15)14-10/h4,6-7H,3,5,13H2,1-2H3,(H,14,15). The Morgan fingerprint density at radius 3 is 3.00 bits per heavy atom. The predicted molar refractivity (Wildman–Crippen MR) is 68.8 cm³/mol. The second kappa shape index (κ2) is 4.37. The van der Waals surface area contributed by atoms with Crippen LogP contribution in [0.15, 0.2) is 17.0 Å². The number of anilines is 2. The molecule has 3 nitrogen and oxygen atoms in total. The molecule has 86 valence electrons. The van der Waals surface area contributed by atoms with E-state index in [2.05, 4.69) is 19.2 Å².